The van der Waals surface area contributed by atoms with E-state index in [-0.39, 0.29) is 24.6 Å². The fraction of sp³-hybridized carbons (Fsp3) is 0.655. The Kier molecular flexibility index (Phi) is 21.1. The Morgan fingerprint density at radius 2 is 1.18 bits per heavy atom. The van der Waals surface area contributed by atoms with Crippen LogP contribution in [0.3, 0.4) is 0 Å². The monoisotopic (exact) mass is 747 g/mol. The zero-order valence-corrected chi connectivity index (χ0v) is 29.7. The van der Waals surface area contributed by atoms with Crippen LogP contribution in [-0.4, -0.2) is 125 Å². The van der Waals surface area contributed by atoms with Crippen LogP contribution >= 0.6 is 12.6 Å². The maximum atomic E-state index is 13.4. The van der Waals surface area contributed by atoms with Gasteiger partial charge in [-0.1, -0.05) is 27.7 Å². The lowest BCUT2D eigenvalue weighted by Gasteiger charge is -2.28. The van der Waals surface area contributed by atoms with Gasteiger partial charge in [0.05, 0.1) is 19.5 Å². The molecule has 0 spiro atoms. The summed E-state index contributed by atoms with van der Waals surface area (Å²) in [6.45, 7) is 4.99. The molecule has 0 radical (unpaired) electrons. The summed E-state index contributed by atoms with van der Waals surface area (Å²) in [5.74, 6) is -10.9. The van der Waals surface area contributed by atoms with Crippen LogP contribution in [0.15, 0.2) is 0 Å². The lowest BCUT2D eigenvalue weighted by molar-refractivity contribution is -0.142. The number of carboxylic acids is 2. The Bertz CT molecular complexity index is 1300. The van der Waals surface area contributed by atoms with Crippen molar-refractivity contribution in [2.75, 3.05) is 25.4 Å². The summed E-state index contributed by atoms with van der Waals surface area (Å²) in [6.07, 6.45) is -1.64. The highest BCUT2D eigenvalue weighted by Gasteiger charge is 2.34. The van der Waals surface area contributed by atoms with Crippen LogP contribution in [0.5, 0.6) is 0 Å². The van der Waals surface area contributed by atoms with Crippen molar-refractivity contribution in [3.63, 3.8) is 0 Å². The zero-order chi connectivity index (χ0) is 39.4. The molecule has 8 amide bonds. The van der Waals surface area contributed by atoms with Crippen molar-refractivity contribution in [2.24, 2.45) is 23.3 Å². The molecule has 0 bridgehead atoms. The molecule has 0 fully saturated rings. The van der Waals surface area contributed by atoms with Crippen molar-refractivity contribution < 1.29 is 58.2 Å². The summed E-state index contributed by atoms with van der Waals surface area (Å²) in [6, 6.07) is -7.15. The number of amides is 8. The number of aliphatic carboxylic acids is 2. The molecule has 0 saturated carbocycles. The standard InChI is InChI=1S/C29H49N9O12S/c1-13(2)7-16(34-21(41)10-32-20(40)9-30)27(48)37-18(12-51)28(49)38-24(14(3)4)29(50)35-15(5-6-19(31)39)26(47)36-17(8-22(42)43)25(46)33-11-23(44)45/h13-18,24,51H,5-12,30H2,1-4H3,(H2,31,39)(H,32,40)(H,33,46)(H,34,41)(H,35,50)(H,36,47)(H,37,48)(H,38,49)(H,42,43)(H,44,45)/t15-,16-,17-,18-,24-/m0/s1. The Balaban J connectivity index is 5.94. The number of hydrogen-bond donors (Lipinski definition) is 12. The lowest BCUT2D eigenvalue weighted by atomic mass is 10.0. The molecule has 0 unspecified atom stereocenters. The Morgan fingerprint density at radius 3 is 1.67 bits per heavy atom. The zero-order valence-electron chi connectivity index (χ0n) is 28.8. The number of hydrogen-bond acceptors (Lipinski definition) is 12. The minimum Gasteiger partial charge on any atom is -0.481 e. The first kappa shape index (κ1) is 46.0. The Hall–Kier alpha value is -4.99. The van der Waals surface area contributed by atoms with Crippen molar-refractivity contribution >= 4 is 71.8 Å². The van der Waals surface area contributed by atoms with Gasteiger partial charge in [-0.05, 0) is 24.7 Å². The van der Waals surface area contributed by atoms with Gasteiger partial charge in [0.1, 0.15) is 36.8 Å². The third kappa shape index (κ3) is 19.1. The van der Waals surface area contributed by atoms with E-state index in [1.165, 1.54) is 0 Å². The molecule has 13 N–H and O–H groups in total. The summed E-state index contributed by atoms with van der Waals surface area (Å²) in [7, 11) is 0. The predicted molar refractivity (Wildman–Crippen MR) is 181 cm³/mol. The van der Waals surface area contributed by atoms with Crippen molar-refractivity contribution in [3.05, 3.63) is 0 Å². The molecule has 0 aromatic carbocycles. The summed E-state index contributed by atoms with van der Waals surface area (Å²) in [4.78, 5) is 123. The second-order valence-electron chi connectivity index (χ2n) is 12.0. The molecule has 21 nitrogen and oxygen atoms in total. The first-order chi connectivity index (χ1) is 23.7. The smallest absolute Gasteiger partial charge is 0.322 e. The molecule has 0 heterocycles. The molecule has 0 aliphatic carbocycles. The van der Waals surface area contributed by atoms with E-state index in [4.69, 9.17) is 16.6 Å². The quantitative estimate of drug-likeness (QED) is 0.0412. The van der Waals surface area contributed by atoms with Crippen LogP contribution < -0.4 is 48.7 Å². The van der Waals surface area contributed by atoms with E-state index >= 15 is 0 Å². The minimum absolute atomic E-state index is 0.0878. The van der Waals surface area contributed by atoms with E-state index in [9.17, 15) is 53.1 Å². The van der Waals surface area contributed by atoms with Crippen LogP contribution in [0.25, 0.3) is 0 Å². The average Bonchev–Trinajstić information content (AvgIpc) is 3.03. The molecule has 51 heavy (non-hydrogen) atoms. The normalized spacial score (nSPS) is 13.7. The number of nitrogens with two attached hydrogens (primary N) is 2. The summed E-state index contributed by atoms with van der Waals surface area (Å²) < 4.78 is 0. The van der Waals surface area contributed by atoms with Crippen molar-refractivity contribution in [1.29, 1.82) is 0 Å². The Labute approximate surface area is 299 Å². The van der Waals surface area contributed by atoms with Gasteiger partial charge < -0.3 is 58.9 Å². The fourth-order valence-electron chi connectivity index (χ4n) is 4.21. The van der Waals surface area contributed by atoms with E-state index in [0.29, 0.717) is 0 Å². The molecule has 0 aliphatic rings. The van der Waals surface area contributed by atoms with Gasteiger partial charge in [-0.25, -0.2) is 0 Å². The van der Waals surface area contributed by atoms with Gasteiger partial charge in [0.25, 0.3) is 0 Å². The van der Waals surface area contributed by atoms with Crippen LogP contribution in [0.1, 0.15) is 53.4 Å². The first-order valence-corrected chi connectivity index (χ1v) is 16.4. The molecular formula is C29H49N9O12S. The molecule has 22 heteroatoms. The van der Waals surface area contributed by atoms with Gasteiger partial charge >= 0.3 is 11.9 Å². The molecule has 0 aromatic heterocycles. The molecular weight excluding hydrogens is 698 g/mol. The van der Waals surface area contributed by atoms with Crippen molar-refractivity contribution in [2.45, 2.75) is 83.6 Å². The second kappa shape index (κ2) is 23.4. The van der Waals surface area contributed by atoms with Gasteiger partial charge in [0.2, 0.25) is 47.3 Å². The maximum absolute atomic E-state index is 13.4. The van der Waals surface area contributed by atoms with E-state index in [2.05, 4.69) is 44.5 Å². The number of rotatable bonds is 24. The number of carbonyl (C=O) groups is 10. The maximum Gasteiger partial charge on any atom is 0.322 e. The highest BCUT2D eigenvalue weighted by Crippen LogP contribution is 2.09. The number of thiol groups is 1. The molecule has 0 aliphatic heterocycles. The molecule has 0 aromatic rings. The third-order valence-corrected chi connectivity index (χ3v) is 7.16. The van der Waals surface area contributed by atoms with Crippen LogP contribution in [0.4, 0.5) is 0 Å². The highest BCUT2D eigenvalue weighted by atomic mass is 32.1. The van der Waals surface area contributed by atoms with Gasteiger partial charge in [0.15, 0.2) is 0 Å². The summed E-state index contributed by atoms with van der Waals surface area (Å²) in [5.41, 5.74) is 10.4. The SMILES string of the molecule is CC(C)C[C@H](NC(=O)CNC(=O)CN)C(=O)N[C@@H](CS)C(=O)N[C@H](C(=O)N[C@@H](CCC(N)=O)C(=O)N[C@@H](CC(=O)O)C(=O)NCC(=O)O)C(C)C. The predicted octanol–water partition coefficient (Wildman–Crippen LogP) is -4.94. The van der Waals surface area contributed by atoms with Gasteiger partial charge in [-0.3, -0.25) is 47.9 Å². The number of primary amides is 1. The molecule has 5 atom stereocenters. The fourth-order valence-corrected chi connectivity index (χ4v) is 4.47. The summed E-state index contributed by atoms with van der Waals surface area (Å²) >= 11 is 4.13. The average molecular weight is 748 g/mol. The van der Waals surface area contributed by atoms with Crippen LogP contribution in [0, 0.1) is 11.8 Å². The number of carbonyl (C=O) groups excluding carboxylic acids is 8. The lowest BCUT2D eigenvalue weighted by Crippen LogP contribution is -2.61. The highest BCUT2D eigenvalue weighted by molar-refractivity contribution is 7.80. The van der Waals surface area contributed by atoms with Crippen LogP contribution in [-0.2, 0) is 47.9 Å². The molecule has 0 saturated heterocycles. The van der Waals surface area contributed by atoms with E-state index in [1.807, 2.05) is 5.32 Å². The largest absolute Gasteiger partial charge is 0.481 e. The Morgan fingerprint density at radius 1 is 0.627 bits per heavy atom. The van der Waals surface area contributed by atoms with Crippen LogP contribution in [0.2, 0.25) is 0 Å². The van der Waals surface area contributed by atoms with Gasteiger partial charge in [0, 0.05) is 12.2 Å². The third-order valence-electron chi connectivity index (χ3n) is 6.79. The molecule has 0 rings (SSSR count). The van der Waals surface area contributed by atoms with E-state index in [1.54, 1.807) is 27.7 Å². The second-order valence-corrected chi connectivity index (χ2v) is 12.4. The molecule has 288 valence electrons. The number of nitrogens with one attached hydrogen (secondary N) is 7. The van der Waals surface area contributed by atoms with Crippen molar-refractivity contribution in [1.82, 2.24) is 37.2 Å². The minimum atomic E-state index is -1.77. The van der Waals surface area contributed by atoms with E-state index in [0.717, 1.165) is 0 Å². The summed E-state index contributed by atoms with van der Waals surface area (Å²) in [5, 5.41) is 34.1. The van der Waals surface area contributed by atoms with E-state index < -0.39 is 128 Å². The number of carboxylic acid groups (broad SMARTS) is 2. The topological polar surface area (TPSA) is 347 Å². The van der Waals surface area contributed by atoms with Gasteiger partial charge in [-0.2, -0.15) is 12.6 Å². The first-order valence-electron chi connectivity index (χ1n) is 15.8. The van der Waals surface area contributed by atoms with Crippen molar-refractivity contribution in [3.8, 4) is 0 Å². The van der Waals surface area contributed by atoms with Gasteiger partial charge in [-0.15, -0.1) is 0 Å².